The number of hydrogen-bond acceptors (Lipinski definition) is 6. The lowest BCUT2D eigenvalue weighted by Crippen LogP contribution is -2.26. The van der Waals surface area contributed by atoms with Gasteiger partial charge in [-0.15, -0.1) is 0 Å². The van der Waals surface area contributed by atoms with Gasteiger partial charge in [-0.25, -0.2) is 19.6 Å². The highest BCUT2D eigenvalue weighted by molar-refractivity contribution is 6.02. The maximum atomic E-state index is 12.2. The van der Waals surface area contributed by atoms with E-state index in [1.807, 2.05) is 36.3 Å². The fraction of sp³-hybridized carbons (Fsp3) is 0.227. The molecule has 0 saturated carbocycles. The normalized spacial score (nSPS) is 16.2. The van der Waals surface area contributed by atoms with Crippen LogP contribution in [0.25, 0.3) is 28.0 Å². The number of anilines is 1. The van der Waals surface area contributed by atoms with Crippen molar-refractivity contribution in [2.75, 3.05) is 18.8 Å². The van der Waals surface area contributed by atoms with Crippen molar-refractivity contribution in [3.05, 3.63) is 61.5 Å². The molecule has 1 atom stereocenters. The van der Waals surface area contributed by atoms with Crippen molar-refractivity contribution in [1.29, 1.82) is 0 Å². The third kappa shape index (κ3) is 3.05. The summed E-state index contributed by atoms with van der Waals surface area (Å²) < 4.78 is 3.80. The van der Waals surface area contributed by atoms with Crippen LogP contribution in [0, 0.1) is 0 Å². The van der Waals surface area contributed by atoms with Crippen LogP contribution in [0.1, 0.15) is 18.0 Å². The van der Waals surface area contributed by atoms with E-state index in [1.54, 1.807) is 17.1 Å². The molecule has 1 aliphatic rings. The van der Waals surface area contributed by atoms with Gasteiger partial charge in [-0.2, -0.15) is 5.10 Å². The average Bonchev–Trinajstić information content (AvgIpc) is 3.52. The van der Waals surface area contributed by atoms with E-state index in [0.717, 1.165) is 40.1 Å². The van der Waals surface area contributed by atoms with E-state index in [-0.39, 0.29) is 11.8 Å². The molecule has 4 aromatic heterocycles. The molecular weight excluding hydrogens is 392 g/mol. The Morgan fingerprint density at radius 2 is 2.16 bits per heavy atom. The number of nitrogens with zero attached hydrogens (tertiary/aromatic N) is 7. The quantitative estimate of drug-likeness (QED) is 0.514. The molecule has 0 aromatic carbocycles. The first-order chi connectivity index (χ1) is 15.1. The minimum atomic E-state index is -0.0508. The predicted molar refractivity (Wildman–Crippen MR) is 117 cm³/mol. The minimum Gasteiger partial charge on any atom is -0.383 e. The smallest absolute Gasteiger partial charge is 0.245 e. The van der Waals surface area contributed by atoms with Crippen LogP contribution in [0.4, 0.5) is 5.82 Å². The van der Waals surface area contributed by atoms with Gasteiger partial charge < -0.3 is 15.2 Å². The van der Waals surface area contributed by atoms with Crippen LogP contribution >= 0.6 is 0 Å². The number of amides is 1. The van der Waals surface area contributed by atoms with Crippen molar-refractivity contribution in [2.24, 2.45) is 7.05 Å². The third-order valence-corrected chi connectivity index (χ3v) is 5.86. The molecule has 9 nitrogen and oxygen atoms in total. The third-order valence-electron chi connectivity index (χ3n) is 5.86. The monoisotopic (exact) mass is 414 g/mol. The highest BCUT2D eigenvalue weighted by atomic mass is 16.2. The van der Waals surface area contributed by atoms with Crippen molar-refractivity contribution in [3.63, 3.8) is 0 Å². The number of rotatable bonds is 4. The Bertz CT molecular complexity index is 1290. The van der Waals surface area contributed by atoms with E-state index in [1.165, 1.54) is 12.4 Å². The molecule has 1 unspecified atom stereocenters. The summed E-state index contributed by atoms with van der Waals surface area (Å²) in [6.07, 6.45) is 9.17. The minimum absolute atomic E-state index is 0.0508. The summed E-state index contributed by atoms with van der Waals surface area (Å²) in [5.74, 6) is 1.23. The van der Waals surface area contributed by atoms with Crippen LogP contribution in [-0.2, 0) is 11.8 Å². The maximum absolute atomic E-state index is 12.2. The van der Waals surface area contributed by atoms with Gasteiger partial charge in [0.15, 0.2) is 5.82 Å². The molecule has 9 heteroatoms. The van der Waals surface area contributed by atoms with Crippen LogP contribution < -0.4 is 5.73 Å². The summed E-state index contributed by atoms with van der Waals surface area (Å²) in [6.45, 7) is 4.92. The van der Waals surface area contributed by atoms with Gasteiger partial charge in [0.05, 0.1) is 11.6 Å². The summed E-state index contributed by atoms with van der Waals surface area (Å²) in [5.41, 5.74) is 10.00. The zero-order valence-electron chi connectivity index (χ0n) is 17.1. The van der Waals surface area contributed by atoms with Crippen molar-refractivity contribution < 1.29 is 4.79 Å². The van der Waals surface area contributed by atoms with Gasteiger partial charge in [0, 0.05) is 55.3 Å². The van der Waals surface area contributed by atoms with E-state index in [4.69, 9.17) is 5.73 Å². The molecule has 5 rings (SSSR count). The van der Waals surface area contributed by atoms with Gasteiger partial charge in [0.2, 0.25) is 5.91 Å². The summed E-state index contributed by atoms with van der Waals surface area (Å²) in [5, 5.41) is 5.32. The Kier molecular flexibility index (Phi) is 4.50. The van der Waals surface area contributed by atoms with Gasteiger partial charge in [0.1, 0.15) is 17.8 Å². The largest absolute Gasteiger partial charge is 0.383 e. The maximum Gasteiger partial charge on any atom is 0.245 e. The van der Waals surface area contributed by atoms with Crippen molar-refractivity contribution in [3.8, 4) is 16.9 Å². The molecule has 0 aliphatic carbocycles. The number of hydrogen-bond donors (Lipinski definition) is 1. The number of fused-ring (bicyclic) bond motifs is 1. The Labute approximate surface area is 178 Å². The summed E-state index contributed by atoms with van der Waals surface area (Å²) >= 11 is 0. The molecular formula is C22H22N8O. The number of carbonyl (C=O) groups excluding carboxylic acids is 1. The highest BCUT2D eigenvalue weighted by Crippen LogP contribution is 2.42. The van der Waals surface area contributed by atoms with E-state index in [0.29, 0.717) is 18.9 Å². The molecule has 156 valence electrons. The van der Waals surface area contributed by atoms with E-state index >= 15 is 0 Å². The van der Waals surface area contributed by atoms with Gasteiger partial charge in [-0.05, 0) is 24.6 Å². The molecule has 0 spiro atoms. The number of aromatic nitrogens is 6. The van der Waals surface area contributed by atoms with E-state index in [9.17, 15) is 4.79 Å². The summed E-state index contributed by atoms with van der Waals surface area (Å²) in [7, 11) is 1.98. The Morgan fingerprint density at radius 1 is 1.29 bits per heavy atom. The molecule has 1 aliphatic heterocycles. The first-order valence-electron chi connectivity index (χ1n) is 10.0. The second-order valence-corrected chi connectivity index (χ2v) is 7.61. The summed E-state index contributed by atoms with van der Waals surface area (Å²) in [4.78, 5) is 27.1. The fourth-order valence-corrected chi connectivity index (χ4v) is 4.44. The zero-order valence-corrected chi connectivity index (χ0v) is 17.1. The Balaban J connectivity index is 1.67. The lowest BCUT2D eigenvalue weighted by atomic mass is 9.96. The lowest BCUT2D eigenvalue weighted by Gasteiger charge is -2.16. The number of carbonyl (C=O) groups is 1. The molecule has 1 fully saturated rings. The Hall–Kier alpha value is -4.01. The second kappa shape index (κ2) is 7.35. The van der Waals surface area contributed by atoms with Gasteiger partial charge in [-0.3, -0.25) is 4.79 Å². The topological polar surface area (TPSA) is 108 Å². The second-order valence-electron chi connectivity index (χ2n) is 7.61. The van der Waals surface area contributed by atoms with Gasteiger partial charge in [-0.1, -0.05) is 12.6 Å². The van der Waals surface area contributed by atoms with Crippen LogP contribution in [0.15, 0.2) is 55.8 Å². The van der Waals surface area contributed by atoms with Crippen molar-refractivity contribution in [2.45, 2.75) is 12.3 Å². The van der Waals surface area contributed by atoms with Crippen LogP contribution in [0.2, 0.25) is 0 Å². The number of likely N-dealkylation sites (tertiary alicyclic amines) is 1. The van der Waals surface area contributed by atoms with E-state index < -0.39 is 0 Å². The van der Waals surface area contributed by atoms with Crippen LogP contribution in [0.5, 0.6) is 0 Å². The predicted octanol–water partition coefficient (Wildman–Crippen LogP) is 2.30. The molecule has 0 radical (unpaired) electrons. The molecule has 1 amide bonds. The SMILES string of the molecule is C=CC(=O)N1CCC(c2c(-c3cnn(-c4ccccn4)c3)c3c(N)ncnc3n2C)C1. The Morgan fingerprint density at radius 3 is 2.94 bits per heavy atom. The number of aryl methyl sites for hydroxylation is 1. The lowest BCUT2D eigenvalue weighted by molar-refractivity contribution is -0.125. The van der Waals surface area contributed by atoms with Crippen LogP contribution in [-0.4, -0.2) is 53.2 Å². The molecule has 1 saturated heterocycles. The molecule has 2 N–H and O–H groups in total. The molecule has 31 heavy (non-hydrogen) atoms. The van der Waals surface area contributed by atoms with Gasteiger partial charge in [0.25, 0.3) is 0 Å². The van der Waals surface area contributed by atoms with Crippen molar-refractivity contribution in [1.82, 2.24) is 34.2 Å². The summed E-state index contributed by atoms with van der Waals surface area (Å²) in [6, 6.07) is 5.68. The molecule has 5 heterocycles. The number of nitrogens with two attached hydrogens (primary N) is 1. The van der Waals surface area contributed by atoms with Crippen molar-refractivity contribution >= 4 is 22.8 Å². The number of nitrogen functional groups attached to an aromatic ring is 1. The first-order valence-corrected chi connectivity index (χ1v) is 10.0. The molecule has 4 aromatic rings. The van der Waals surface area contributed by atoms with Gasteiger partial charge >= 0.3 is 0 Å². The standard InChI is InChI=1S/C22H22N8O/c1-3-17(31)29-9-7-14(11-29)20-18(19-21(23)25-13-26-22(19)28(20)2)15-10-27-30(12-15)16-6-4-5-8-24-16/h3-6,8,10,12-14H,1,7,9,11H2,2H3,(H2,23,25,26). The number of pyridine rings is 1. The van der Waals surface area contributed by atoms with Crippen LogP contribution in [0.3, 0.4) is 0 Å². The van der Waals surface area contributed by atoms with E-state index in [2.05, 4.69) is 31.2 Å². The highest BCUT2D eigenvalue weighted by Gasteiger charge is 2.33. The fourth-order valence-electron chi connectivity index (χ4n) is 4.44. The average molecular weight is 414 g/mol. The zero-order chi connectivity index (χ0) is 21.5. The first kappa shape index (κ1) is 19.0. The molecule has 0 bridgehead atoms.